The highest BCUT2D eigenvalue weighted by molar-refractivity contribution is 5.64. The van der Waals surface area contributed by atoms with Crippen LogP contribution in [0.2, 0.25) is 0 Å². The molecular weight excluding hydrogens is 397 g/mol. The molecule has 1 aromatic heterocycles. The van der Waals surface area contributed by atoms with Crippen molar-refractivity contribution in [2.45, 2.75) is 57.8 Å². The van der Waals surface area contributed by atoms with Crippen LogP contribution in [0.1, 0.15) is 63.4 Å². The summed E-state index contributed by atoms with van der Waals surface area (Å²) in [6.07, 6.45) is 12.4. The average Bonchev–Trinajstić information content (AvgIpc) is 2.81. The van der Waals surface area contributed by atoms with Crippen LogP contribution in [0, 0.1) is 23.4 Å². The topological polar surface area (TPSA) is 25.8 Å². The lowest BCUT2D eigenvalue weighted by Gasteiger charge is -2.29. The summed E-state index contributed by atoms with van der Waals surface area (Å²) >= 11 is 0. The van der Waals surface area contributed by atoms with Crippen molar-refractivity contribution in [1.29, 1.82) is 0 Å². The number of aromatic nitrogens is 2. The number of benzene rings is 2. The van der Waals surface area contributed by atoms with Crippen molar-refractivity contribution < 1.29 is 13.2 Å². The summed E-state index contributed by atoms with van der Waals surface area (Å²) in [5, 5.41) is 0. The lowest BCUT2D eigenvalue weighted by molar-refractivity contribution is 0.304. The third kappa shape index (κ3) is 4.97. The van der Waals surface area contributed by atoms with Crippen LogP contribution < -0.4 is 0 Å². The van der Waals surface area contributed by atoms with Gasteiger partial charge < -0.3 is 0 Å². The highest BCUT2D eigenvalue weighted by Gasteiger charge is 2.22. The fraction of sp³-hybridized carbons (Fsp3) is 0.385. The SMILES string of the molecule is CCCC[C@H]1CC[C@H](c2ccc(-c3cnc(-c4cc(F)c(F)c(F)c4)nc3)cc2)CC1. The minimum atomic E-state index is -1.49. The van der Waals surface area contributed by atoms with E-state index in [4.69, 9.17) is 0 Å². The maximum absolute atomic E-state index is 13.5. The van der Waals surface area contributed by atoms with Gasteiger partial charge in [0.1, 0.15) is 0 Å². The predicted molar refractivity (Wildman–Crippen MR) is 117 cm³/mol. The van der Waals surface area contributed by atoms with Crippen LogP contribution in [-0.4, -0.2) is 9.97 Å². The normalized spacial score (nSPS) is 18.8. The molecule has 1 saturated carbocycles. The van der Waals surface area contributed by atoms with Crippen LogP contribution in [0.15, 0.2) is 48.8 Å². The van der Waals surface area contributed by atoms with E-state index < -0.39 is 17.5 Å². The van der Waals surface area contributed by atoms with Gasteiger partial charge in [0.15, 0.2) is 23.3 Å². The molecule has 0 N–H and O–H groups in total. The van der Waals surface area contributed by atoms with Crippen LogP contribution in [-0.2, 0) is 0 Å². The van der Waals surface area contributed by atoms with Gasteiger partial charge in [0.2, 0.25) is 0 Å². The fourth-order valence-corrected chi connectivity index (χ4v) is 4.54. The van der Waals surface area contributed by atoms with Gasteiger partial charge in [-0.15, -0.1) is 0 Å². The Labute approximate surface area is 181 Å². The molecule has 1 aliphatic carbocycles. The molecule has 2 aromatic carbocycles. The van der Waals surface area contributed by atoms with Crippen LogP contribution in [0.3, 0.4) is 0 Å². The molecule has 0 unspecified atom stereocenters. The quantitative estimate of drug-likeness (QED) is 0.379. The number of unbranched alkanes of at least 4 members (excludes halogenated alkanes) is 1. The second-order valence-electron chi connectivity index (χ2n) is 8.53. The first-order valence-electron chi connectivity index (χ1n) is 11.1. The minimum Gasteiger partial charge on any atom is -0.236 e. The van der Waals surface area contributed by atoms with Gasteiger partial charge in [-0.2, -0.15) is 0 Å². The Balaban J connectivity index is 1.43. The first-order chi connectivity index (χ1) is 15.0. The Kier molecular flexibility index (Phi) is 6.69. The zero-order valence-corrected chi connectivity index (χ0v) is 17.8. The highest BCUT2D eigenvalue weighted by Crippen LogP contribution is 2.38. The maximum Gasteiger partial charge on any atom is 0.194 e. The lowest BCUT2D eigenvalue weighted by Crippen LogP contribution is -2.13. The van der Waals surface area contributed by atoms with Crippen LogP contribution in [0.4, 0.5) is 13.2 Å². The van der Waals surface area contributed by atoms with E-state index in [2.05, 4.69) is 41.2 Å². The van der Waals surface area contributed by atoms with E-state index >= 15 is 0 Å². The number of hydrogen-bond donors (Lipinski definition) is 0. The van der Waals surface area contributed by atoms with E-state index in [0.717, 1.165) is 29.2 Å². The summed E-state index contributed by atoms with van der Waals surface area (Å²) in [4.78, 5) is 8.43. The van der Waals surface area contributed by atoms with Crippen molar-refractivity contribution in [1.82, 2.24) is 9.97 Å². The molecule has 0 aliphatic heterocycles. The largest absolute Gasteiger partial charge is 0.236 e. The Morgan fingerprint density at radius 1 is 0.806 bits per heavy atom. The maximum atomic E-state index is 13.5. The number of halogens is 3. The van der Waals surface area contributed by atoms with Gasteiger partial charge in [-0.1, -0.05) is 50.5 Å². The number of nitrogens with zero attached hydrogens (tertiary/aromatic N) is 2. The molecule has 3 aromatic rings. The fourth-order valence-electron chi connectivity index (χ4n) is 4.54. The van der Waals surface area contributed by atoms with E-state index in [0.29, 0.717) is 5.92 Å². The van der Waals surface area contributed by atoms with Crippen molar-refractivity contribution in [2.75, 3.05) is 0 Å². The van der Waals surface area contributed by atoms with Gasteiger partial charge in [-0.25, -0.2) is 23.1 Å². The third-order valence-corrected chi connectivity index (χ3v) is 6.42. The Hall–Kier alpha value is -2.69. The smallest absolute Gasteiger partial charge is 0.194 e. The summed E-state index contributed by atoms with van der Waals surface area (Å²) < 4.78 is 40.1. The van der Waals surface area contributed by atoms with Crippen molar-refractivity contribution >= 4 is 0 Å². The van der Waals surface area contributed by atoms with Gasteiger partial charge in [-0.3, -0.25) is 0 Å². The van der Waals surface area contributed by atoms with E-state index in [1.807, 2.05) is 0 Å². The molecule has 0 saturated heterocycles. The molecular formula is C26H27F3N2. The van der Waals surface area contributed by atoms with Crippen molar-refractivity contribution in [3.63, 3.8) is 0 Å². The summed E-state index contributed by atoms with van der Waals surface area (Å²) in [7, 11) is 0. The minimum absolute atomic E-state index is 0.104. The van der Waals surface area contributed by atoms with Crippen LogP contribution in [0.5, 0.6) is 0 Å². The van der Waals surface area contributed by atoms with E-state index in [1.165, 1.54) is 50.5 Å². The van der Waals surface area contributed by atoms with E-state index in [1.54, 1.807) is 12.4 Å². The summed E-state index contributed by atoms with van der Waals surface area (Å²) in [5.74, 6) is -2.31. The van der Waals surface area contributed by atoms with Gasteiger partial charge >= 0.3 is 0 Å². The molecule has 0 bridgehead atoms. The second-order valence-corrected chi connectivity index (χ2v) is 8.53. The molecule has 0 radical (unpaired) electrons. The summed E-state index contributed by atoms with van der Waals surface area (Å²) in [6.45, 7) is 2.26. The molecule has 4 rings (SSSR count). The molecule has 0 amide bonds. The molecule has 2 nitrogen and oxygen atoms in total. The molecule has 162 valence electrons. The Bertz CT molecular complexity index is 985. The zero-order chi connectivity index (χ0) is 21.8. The molecule has 31 heavy (non-hydrogen) atoms. The molecule has 0 atom stereocenters. The Morgan fingerprint density at radius 3 is 2.00 bits per heavy atom. The van der Waals surface area contributed by atoms with E-state index in [9.17, 15) is 13.2 Å². The molecule has 1 fully saturated rings. The number of rotatable bonds is 6. The van der Waals surface area contributed by atoms with Gasteiger partial charge in [0.05, 0.1) is 0 Å². The van der Waals surface area contributed by atoms with Gasteiger partial charge in [0.25, 0.3) is 0 Å². The van der Waals surface area contributed by atoms with Crippen molar-refractivity contribution in [2.24, 2.45) is 5.92 Å². The standard InChI is InChI=1S/C26H27F3N2/c1-2-3-4-17-5-7-18(8-6-17)19-9-11-20(12-10-19)22-15-30-26(31-16-22)21-13-23(27)25(29)24(28)14-21/h9-18H,2-8H2,1H3/t17-,18-. The molecule has 1 aliphatic rings. The number of hydrogen-bond acceptors (Lipinski definition) is 2. The van der Waals surface area contributed by atoms with Gasteiger partial charge in [-0.05, 0) is 60.8 Å². The highest BCUT2D eigenvalue weighted by atomic mass is 19.2. The van der Waals surface area contributed by atoms with Crippen LogP contribution in [0.25, 0.3) is 22.5 Å². The Morgan fingerprint density at radius 2 is 1.42 bits per heavy atom. The first-order valence-corrected chi connectivity index (χ1v) is 11.1. The van der Waals surface area contributed by atoms with E-state index in [-0.39, 0.29) is 11.4 Å². The van der Waals surface area contributed by atoms with Crippen molar-refractivity contribution in [3.8, 4) is 22.5 Å². The molecule has 5 heteroatoms. The van der Waals surface area contributed by atoms with Gasteiger partial charge in [0, 0.05) is 23.5 Å². The summed E-state index contributed by atoms with van der Waals surface area (Å²) in [5.41, 5.74) is 3.30. The monoisotopic (exact) mass is 424 g/mol. The molecule has 0 spiro atoms. The van der Waals surface area contributed by atoms with Crippen molar-refractivity contribution in [3.05, 3.63) is 71.8 Å². The average molecular weight is 425 g/mol. The summed E-state index contributed by atoms with van der Waals surface area (Å²) in [6, 6.07) is 10.3. The van der Waals surface area contributed by atoms with Crippen LogP contribution >= 0.6 is 0 Å². The third-order valence-electron chi connectivity index (χ3n) is 6.42. The first kappa shape index (κ1) is 21.5. The zero-order valence-electron chi connectivity index (χ0n) is 17.8. The molecule has 1 heterocycles. The lowest BCUT2D eigenvalue weighted by atomic mass is 9.77. The predicted octanol–water partition coefficient (Wildman–Crippen LogP) is 7.69. The second kappa shape index (κ2) is 9.63.